The number of benzene rings is 1. The minimum Gasteiger partial charge on any atom is -0.329 e. The average Bonchev–Trinajstić information content (AvgIpc) is 2.62. The first-order valence-electron chi connectivity index (χ1n) is 4.69. The number of para-hydroxylation sites is 1. The standard InChI is InChI=1S/C11H9N3O/c1-14-6-12-9-7-4-2-3-5-8(7)13-11(15)10(9)14/h2-6H,1H3,(H,13,15). The van der Waals surface area contributed by atoms with Crippen LogP contribution in [0.4, 0.5) is 0 Å². The predicted molar refractivity (Wildman–Crippen MR) is 58.8 cm³/mol. The Morgan fingerprint density at radius 2 is 2.13 bits per heavy atom. The molecule has 0 saturated heterocycles. The van der Waals surface area contributed by atoms with Gasteiger partial charge in [-0.15, -0.1) is 0 Å². The number of hydrogen-bond acceptors (Lipinski definition) is 2. The van der Waals surface area contributed by atoms with Gasteiger partial charge in [0.25, 0.3) is 5.56 Å². The van der Waals surface area contributed by atoms with E-state index in [1.165, 1.54) is 0 Å². The van der Waals surface area contributed by atoms with Gasteiger partial charge < -0.3 is 9.55 Å². The van der Waals surface area contributed by atoms with Gasteiger partial charge in [0.05, 0.1) is 11.8 Å². The van der Waals surface area contributed by atoms with Crippen molar-refractivity contribution in [1.29, 1.82) is 0 Å². The maximum absolute atomic E-state index is 11.8. The second-order valence-electron chi connectivity index (χ2n) is 3.55. The van der Waals surface area contributed by atoms with Gasteiger partial charge in [-0.05, 0) is 6.07 Å². The van der Waals surface area contributed by atoms with E-state index in [0.29, 0.717) is 5.52 Å². The summed E-state index contributed by atoms with van der Waals surface area (Å²) in [6, 6.07) is 7.67. The lowest BCUT2D eigenvalue weighted by molar-refractivity contribution is 0.940. The number of aromatic nitrogens is 3. The Morgan fingerprint density at radius 3 is 3.00 bits per heavy atom. The Kier molecular flexibility index (Phi) is 1.48. The number of hydrogen-bond donors (Lipinski definition) is 1. The fourth-order valence-electron chi connectivity index (χ4n) is 1.88. The molecule has 0 unspecified atom stereocenters. The van der Waals surface area contributed by atoms with Crippen LogP contribution in [0.5, 0.6) is 0 Å². The highest BCUT2D eigenvalue weighted by molar-refractivity contribution is 6.01. The van der Waals surface area contributed by atoms with Gasteiger partial charge >= 0.3 is 0 Å². The lowest BCUT2D eigenvalue weighted by Gasteiger charge is -1.98. The van der Waals surface area contributed by atoms with Gasteiger partial charge in [-0.25, -0.2) is 4.98 Å². The van der Waals surface area contributed by atoms with Crippen LogP contribution in [0.15, 0.2) is 35.4 Å². The molecule has 0 spiro atoms. The quantitative estimate of drug-likeness (QED) is 0.595. The van der Waals surface area contributed by atoms with Gasteiger partial charge in [0.2, 0.25) is 0 Å². The maximum Gasteiger partial charge on any atom is 0.274 e. The van der Waals surface area contributed by atoms with Crippen molar-refractivity contribution in [1.82, 2.24) is 14.5 Å². The lowest BCUT2D eigenvalue weighted by atomic mass is 10.2. The van der Waals surface area contributed by atoms with Crippen molar-refractivity contribution in [2.24, 2.45) is 7.05 Å². The summed E-state index contributed by atoms with van der Waals surface area (Å²) in [6.07, 6.45) is 1.66. The molecule has 0 amide bonds. The molecule has 0 aliphatic rings. The molecule has 4 heteroatoms. The minimum absolute atomic E-state index is 0.0938. The summed E-state index contributed by atoms with van der Waals surface area (Å²) in [5, 5.41) is 0.979. The van der Waals surface area contributed by atoms with E-state index in [1.54, 1.807) is 10.9 Å². The van der Waals surface area contributed by atoms with Crippen molar-refractivity contribution in [2.75, 3.05) is 0 Å². The molecule has 0 fully saturated rings. The van der Waals surface area contributed by atoms with Crippen LogP contribution >= 0.6 is 0 Å². The zero-order valence-corrected chi connectivity index (χ0v) is 8.19. The molecule has 0 radical (unpaired) electrons. The van der Waals surface area contributed by atoms with Crippen LogP contribution in [0, 0.1) is 0 Å². The summed E-state index contributed by atoms with van der Waals surface area (Å²) < 4.78 is 1.74. The Bertz CT molecular complexity index is 708. The molecule has 0 saturated carbocycles. The largest absolute Gasteiger partial charge is 0.329 e. The molecule has 2 aromatic heterocycles. The predicted octanol–water partition coefficient (Wildman–Crippen LogP) is 1.41. The number of rotatable bonds is 0. The summed E-state index contributed by atoms with van der Waals surface area (Å²) in [5.41, 5.74) is 2.11. The van der Waals surface area contributed by atoms with E-state index < -0.39 is 0 Å². The Balaban J connectivity index is 2.71. The first-order chi connectivity index (χ1) is 7.27. The average molecular weight is 199 g/mol. The van der Waals surface area contributed by atoms with Crippen LogP contribution in [-0.4, -0.2) is 14.5 Å². The third-order valence-corrected chi connectivity index (χ3v) is 2.58. The topological polar surface area (TPSA) is 50.7 Å². The van der Waals surface area contributed by atoms with E-state index in [1.807, 2.05) is 31.3 Å². The number of imidazole rings is 1. The fourth-order valence-corrected chi connectivity index (χ4v) is 1.88. The summed E-state index contributed by atoms with van der Waals surface area (Å²) in [7, 11) is 1.82. The van der Waals surface area contributed by atoms with Crippen LogP contribution in [0.25, 0.3) is 21.9 Å². The van der Waals surface area contributed by atoms with Gasteiger partial charge in [0.15, 0.2) is 0 Å². The van der Waals surface area contributed by atoms with Crippen molar-refractivity contribution >= 4 is 21.9 Å². The summed E-state index contributed by atoms with van der Waals surface area (Å²) in [5.74, 6) is 0. The molecule has 0 aliphatic heterocycles. The molecule has 15 heavy (non-hydrogen) atoms. The number of pyridine rings is 1. The molecular weight excluding hydrogens is 190 g/mol. The van der Waals surface area contributed by atoms with Crippen molar-refractivity contribution in [3.8, 4) is 0 Å². The van der Waals surface area contributed by atoms with Gasteiger partial charge in [-0.2, -0.15) is 0 Å². The molecule has 2 heterocycles. The van der Waals surface area contributed by atoms with E-state index >= 15 is 0 Å². The van der Waals surface area contributed by atoms with Crippen molar-refractivity contribution in [2.45, 2.75) is 0 Å². The summed E-state index contributed by atoms with van der Waals surface area (Å²) in [4.78, 5) is 18.9. The molecule has 0 bridgehead atoms. The fraction of sp³-hybridized carbons (Fsp3) is 0.0909. The van der Waals surface area contributed by atoms with Crippen molar-refractivity contribution in [3.63, 3.8) is 0 Å². The molecule has 0 atom stereocenters. The Morgan fingerprint density at radius 1 is 1.33 bits per heavy atom. The van der Waals surface area contributed by atoms with E-state index in [2.05, 4.69) is 9.97 Å². The third kappa shape index (κ3) is 1.01. The van der Waals surface area contributed by atoms with E-state index in [-0.39, 0.29) is 5.56 Å². The van der Waals surface area contributed by atoms with E-state index in [4.69, 9.17) is 0 Å². The normalized spacial score (nSPS) is 11.3. The van der Waals surface area contributed by atoms with Crippen LogP contribution in [0.3, 0.4) is 0 Å². The highest BCUT2D eigenvalue weighted by Crippen LogP contribution is 2.18. The Hall–Kier alpha value is -2.10. The van der Waals surface area contributed by atoms with E-state index in [0.717, 1.165) is 16.4 Å². The summed E-state index contributed by atoms with van der Waals surface area (Å²) >= 11 is 0. The summed E-state index contributed by atoms with van der Waals surface area (Å²) in [6.45, 7) is 0. The van der Waals surface area contributed by atoms with Crippen molar-refractivity contribution in [3.05, 3.63) is 40.9 Å². The maximum atomic E-state index is 11.8. The Labute approximate surface area is 85.2 Å². The first kappa shape index (κ1) is 8.23. The second-order valence-corrected chi connectivity index (χ2v) is 3.55. The number of nitrogens with one attached hydrogen (secondary N) is 1. The number of nitrogens with zero attached hydrogens (tertiary/aromatic N) is 2. The number of aromatic amines is 1. The second kappa shape index (κ2) is 2.70. The highest BCUT2D eigenvalue weighted by atomic mass is 16.1. The molecule has 0 aliphatic carbocycles. The molecule has 3 aromatic rings. The molecule has 1 aromatic carbocycles. The number of H-pyrrole nitrogens is 1. The smallest absolute Gasteiger partial charge is 0.274 e. The molecule has 1 N–H and O–H groups in total. The monoisotopic (exact) mass is 199 g/mol. The minimum atomic E-state index is -0.0938. The zero-order valence-electron chi connectivity index (χ0n) is 8.19. The van der Waals surface area contributed by atoms with E-state index in [9.17, 15) is 4.79 Å². The van der Waals surface area contributed by atoms with Gasteiger partial charge in [0, 0.05) is 12.4 Å². The SMILES string of the molecule is Cn1cnc2c3ccccc3[nH]c(=O)c21. The first-order valence-corrected chi connectivity index (χ1v) is 4.69. The highest BCUT2D eigenvalue weighted by Gasteiger charge is 2.08. The zero-order chi connectivity index (χ0) is 10.4. The third-order valence-electron chi connectivity index (χ3n) is 2.58. The van der Waals surface area contributed by atoms with Gasteiger partial charge in [0.1, 0.15) is 11.0 Å². The lowest BCUT2D eigenvalue weighted by Crippen LogP contribution is -2.09. The van der Waals surface area contributed by atoms with Crippen LogP contribution < -0.4 is 5.56 Å². The number of aryl methyl sites for hydroxylation is 1. The molecule has 74 valence electrons. The van der Waals surface area contributed by atoms with Crippen LogP contribution in [-0.2, 0) is 7.05 Å². The molecular formula is C11H9N3O. The van der Waals surface area contributed by atoms with Crippen LogP contribution in [0.1, 0.15) is 0 Å². The van der Waals surface area contributed by atoms with Gasteiger partial charge in [-0.3, -0.25) is 4.79 Å². The molecule has 4 nitrogen and oxygen atoms in total. The molecule has 3 rings (SSSR count). The van der Waals surface area contributed by atoms with Gasteiger partial charge in [-0.1, -0.05) is 18.2 Å². The van der Waals surface area contributed by atoms with Crippen molar-refractivity contribution < 1.29 is 0 Å². The van der Waals surface area contributed by atoms with Crippen LogP contribution in [0.2, 0.25) is 0 Å². The number of fused-ring (bicyclic) bond motifs is 3.